The lowest BCUT2D eigenvalue weighted by atomic mass is 9.84. The van der Waals surface area contributed by atoms with Crippen LogP contribution < -0.4 is 4.18 Å². The Labute approximate surface area is 147 Å². The van der Waals surface area contributed by atoms with Gasteiger partial charge in [-0.25, -0.2) is 13.6 Å². The minimum absolute atomic E-state index is 0.482. The molecule has 0 aliphatic rings. The molecule has 142 valence electrons. The van der Waals surface area contributed by atoms with E-state index in [1.165, 1.54) is 6.07 Å². The molecule has 25 heavy (non-hydrogen) atoms. The number of halogens is 2. The van der Waals surface area contributed by atoms with E-state index in [-0.39, 0.29) is 0 Å². The highest BCUT2D eigenvalue weighted by molar-refractivity contribution is 7.86. The number of benzene rings is 1. The van der Waals surface area contributed by atoms with Crippen LogP contribution in [0.5, 0.6) is 5.75 Å². The quantitative estimate of drug-likeness (QED) is 0.326. The molecule has 1 aromatic rings. The summed E-state index contributed by atoms with van der Waals surface area (Å²) in [6, 6.07) is 3.20. The predicted molar refractivity (Wildman–Crippen MR) is 82.7 cm³/mol. The second-order valence-electron chi connectivity index (χ2n) is 5.14. The summed E-state index contributed by atoms with van der Waals surface area (Å²) in [7, 11) is -4.23. The van der Waals surface area contributed by atoms with Crippen LogP contribution in [0.3, 0.4) is 0 Å². The molecular weight excluding hydrogens is 386 g/mol. The highest BCUT2D eigenvalue weighted by Crippen LogP contribution is 2.44. The second-order valence-corrected chi connectivity index (χ2v) is 6.90. The molecule has 12 heteroatoms. The van der Waals surface area contributed by atoms with E-state index in [0.717, 1.165) is 19.1 Å². The van der Waals surface area contributed by atoms with E-state index in [1.54, 1.807) is 0 Å². The lowest BCUT2D eigenvalue weighted by Gasteiger charge is -2.34. The average molecular weight is 401 g/mol. The summed E-state index contributed by atoms with van der Waals surface area (Å²) in [5.41, 5.74) is -1.41. The van der Waals surface area contributed by atoms with Crippen molar-refractivity contribution in [2.75, 3.05) is 6.26 Å². The Morgan fingerprint density at radius 3 is 2.28 bits per heavy atom. The van der Waals surface area contributed by atoms with E-state index in [9.17, 15) is 27.1 Å². The summed E-state index contributed by atoms with van der Waals surface area (Å²) in [5, 5.41) is 27.3. The molecule has 0 radical (unpaired) electrons. The maximum Gasteiger partial charge on any atom is 0.336 e. The average Bonchev–Trinajstić information content (AvgIpc) is 2.44. The minimum atomic E-state index is -4.39. The smallest absolute Gasteiger partial charge is 0.336 e. The van der Waals surface area contributed by atoms with Gasteiger partial charge in [0.1, 0.15) is 0 Å². The molecule has 0 aliphatic carbocycles. The third kappa shape index (κ3) is 5.01. The van der Waals surface area contributed by atoms with Crippen LogP contribution >= 0.6 is 0 Å². The number of hydrogen-bond acceptors (Lipinski definition) is 8. The van der Waals surface area contributed by atoms with E-state index in [4.69, 9.17) is 10.2 Å². The molecule has 3 N–H and O–H groups in total. The van der Waals surface area contributed by atoms with Crippen molar-refractivity contribution < 1.29 is 45.7 Å². The van der Waals surface area contributed by atoms with Crippen LogP contribution in [0, 0.1) is 0 Å². The topological polar surface area (TPSA) is 130 Å². The molecule has 2 unspecified atom stereocenters. The first-order valence-corrected chi connectivity index (χ1v) is 8.76. The monoisotopic (exact) mass is 401 g/mol. The van der Waals surface area contributed by atoms with Gasteiger partial charge < -0.3 is 32.4 Å². The minimum Gasteiger partial charge on any atom is -0.641 e. The Balaban J connectivity index is 3.72. The molecule has 1 aromatic carbocycles. The predicted octanol–water partition coefficient (Wildman–Crippen LogP) is 0.620. The molecule has 2 atom stereocenters. The zero-order valence-electron chi connectivity index (χ0n) is 12.9. The van der Waals surface area contributed by atoms with Crippen LogP contribution in [-0.4, -0.2) is 54.3 Å². The standard InChI is InChI=1S/C13H16F2O8S2/c1-6(23-25(2,20)21)10(13(14,15)12(18)19)9-7(11(16)17)4-3-5-8(9)22-24/h3-6,10,12,18-19,24H,1-2H3,(H,16,17)/p-1. The molecular formula is C13H15F2O8S2-. The first-order valence-electron chi connectivity index (χ1n) is 6.61. The van der Waals surface area contributed by atoms with Crippen molar-refractivity contribution in [2.45, 2.75) is 31.2 Å². The molecule has 0 aliphatic heterocycles. The number of hydrogen-bond donors (Lipinski definition) is 3. The third-order valence-electron chi connectivity index (χ3n) is 3.25. The van der Waals surface area contributed by atoms with Crippen molar-refractivity contribution >= 4 is 29.0 Å². The van der Waals surface area contributed by atoms with Gasteiger partial charge in [-0.3, -0.25) is 4.18 Å². The molecule has 0 heterocycles. The van der Waals surface area contributed by atoms with Gasteiger partial charge in [-0.1, -0.05) is 6.07 Å². The Morgan fingerprint density at radius 1 is 1.32 bits per heavy atom. The Kier molecular flexibility index (Phi) is 6.75. The highest BCUT2D eigenvalue weighted by atomic mass is 32.2. The van der Waals surface area contributed by atoms with E-state index in [2.05, 4.69) is 21.3 Å². The fraction of sp³-hybridized carbons (Fsp3) is 0.462. The van der Waals surface area contributed by atoms with Gasteiger partial charge >= 0.3 is 11.9 Å². The molecule has 0 fully saturated rings. The number of aliphatic hydroxyl groups is 2. The van der Waals surface area contributed by atoms with Gasteiger partial charge in [0.15, 0.2) is 0 Å². The SMILES string of the molecule is CC(OS(C)(=O)=O)C(c1c(O[S-])cccc1C(=O)O)C(F)(F)C(O)O. The summed E-state index contributed by atoms with van der Waals surface area (Å²) in [6.45, 7) is 0.911. The van der Waals surface area contributed by atoms with Crippen molar-refractivity contribution in [1.29, 1.82) is 0 Å². The van der Waals surface area contributed by atoms with Gasteiger partial charge in [-0.2, -0.15) is 8.42 Å². The van der Waals surface area contributed by atoms with E-state index in [1.807, 2.05) is 0 Å². The van der Waals surface area contributed by atoms with Crippen molar-refractivity contribution in [2.24, 2.45) is 0 Å². The molecule has 0 saturated carbocycles. The van der Waals surface area contributed by atoms with Crippen LogP contribution in [0.1, 0.15) is 28.8 Å². The van der Waals surface area contributed by atoms with Crippen LogP contribution in [-0.2, 0) is 27.2 Å². The van der Waals surface area contributed by atoms with E-state index in [0.29, 0.717) is 6.26 Å². The maximum absolute atomic E-state index is 14.4. The first kappa shape index (κ1) is 21.6. The summed E-state index contributed by atoms with van der Waals surface area (Å²) >= 11 is 4.33. The summed E-state index contributed by atoms with van der Waals surface area (Å²) in [4.78, 5) is 11.4. The molecule has 1 rings (SSSR count). The summed E-state index contributed by atoms with van der Waals surface area (Å²) < 4.78 is 60.4. The van der Waals surface area contributed by atoms with Gasteiger partial charge in [0.25, 0.3) is 10.1 Å². The largest absolute Gasteiger partial charge is 0.641 e. The fourth-order valence-electron chi connectivity index (χ4n) is 2.36. The lowest BCUT2D eigenvalue weighted by molar-refractivity contribution is -0.227. The molecule has 0 aromatic heterocycles. The second kappa shape index (κ2) is 7.83. The number of carboxylic acid groups (broad SMARTS) is 1. The lowest BCUT2D eigenvalue weighted by Crippen LogP contribution is -2.45. The molecule has 0 bridgehead atoms. The number of aliphatic hydroxyl groups excluding tert-OH is 1. The molecule has 0 spiro atoms. The highest BCUT2D eigenvalue weighted by Gasteiger charge is 2.52. The van der Waals surface area contributed by atoms with Crippen molar-refractivity contribution in [3.63, 3.8) is 0 Å². The van der Waals surface area contributed by atoms with Gasteiger partial charge in [0.05, 0.1) is 29.6 Å². The number of carbonyl (C=O) groups is 1. The summed E-state index contributed by atoms with van der Waals surface area (Å²) in [5.74, 6) is -8.92. The summed E-state index contributed by atoms with van der Waals surface area (Å²) in [6.07, 6.45) is -4.51. The van der Waals surface area contributed by atoms with Gasteiger partial charge in [-0.15, -0.1) is 0 Å². The van der Waals surface area contributed by atoms with Gasteiger partial charge in [0, 0.05) is 5.56 Å². The zero-order valence-corrected chi connectivity index (χ0v) is 14.6. The van der Waals surface area contributed by atoms with Crippen LogP contribution in [0.25, 0.3) is 0 Å². The number of rotatable bonds is 8. The van der Waals surface area contributed by atoms with Gasteiger partial charge in [0.2, 0.25) is 6.29 Å². The Morgan fingerprint density at radius 2 is 1.88 bits per heavy atom. The van der Waals surface area contributed by atoms with Gasteiger partial charge in [-0.05, 0) is 19.1 Å². The molecule has 0 amide bonds. The Hall–Kier alpha value is -1.47. The Bertz CT molecular complexity index is 736. The fourth-order valence-corrected chi connectivity index (χ4v) is 3.16. The van der Waals surface area contributed by atoms with E-state index < -0.39 is 57.2 Å². The maximum atomic E-state index is 14.4. The van der Waals surface area contributed by atoms with Crippen LogP contribution in [0.4, 0.5) is 8.78 Å². The molecule has 8 nitrogen and oxygen atoms in total. The molecule has 0 saturated heterocycles. The number of alkyl halides is 2. The number of aromatic carboxylic acids is 1. The normalized spacial score (nSPS) is 15.0. The van der Waals surface area contributed by atoms with Crippen LogP contribution in [0.2, 0.25) is 0 Å². The third-order valence-corrected chi connectivity index (χ3v) is 4.08. The van der Waals surface area contributed by atoms with Crippen molar-refractivity contribution in [3.8, 4) is 5.75 Å². The zero-order chi connectivity index (χ0) is 19.6. The number of carboxylic acids is 1. The van der Waals surface area contributed by atoms with Crippen molar-refractivity contribution in [1.82, 2.24) is 0 Å². The first-order chi connectivity index (χ1) is 11.3. The van der Waals surface area contributed by atoms with Crippen LogP contribution in [0.15, 0.2) is 18.2 Å². The van der Waals surface area contributed by atoms with E-state index >= 15 is 0 Å². The van der Waals surface area contributed by atoms with Crippen molar-refractivity contribution in [3.05, 3.63) is 29.3 Å².